The van der Waals surface area contributed by atoms with Gasteiger partial charge in [0.25, 0.3) is 5.91 Å². The van der Waals surface area contributed by atoms with Crippen LogP contribution in [0.3, 0.4) is 0 Å². The van der Waals surface area contributed by atoms with Gasteiger partial charge in [0.05, 0.1) is 0 Å². The van der Waals surface area contributed by atoms with Crippen LogP contribution in [0.15, 0.2) is 18.5 Å². The second kappa shape index (κ2) is 4.04. The van der Waals surface area contributed by atoms with Gasteiger partial charge in [-0.1, -0.05) is 0 Å². The molecule has 2 heterocycles. The van der Waals surface area contributed by atoms with Gasteiger partial charge in [0.15, 0.2) is 0 Å². The summed E-state index contributed by atoms with van der Waals surface area (Å²) in [5.74, 6) is 1.29. The topological polar surface area (TPSA) is 86.5 Å². The number of aromatic amines is 2. The van der Waals surface area contributed by atoms with Crippen molar-refractivity contribution in [1.29, 1.82) is 0 Å². The van der Waals surface area contributed by atoms with Crippen LogP contribution < -0.4 is 5.32 Å². The van der Waals surface area contributed by atoms with E-state index in [4.69, 9.17) is 0 Å². The highest BCUT2D eigenvalue weighted by Crippen LogP contribution is 2.37. The van der Waals surface area contributed by atoms with Crippen molar-refractivity contribution in [3.8, 4) is 0 Å². The van der Waals surface area contributed by atoms with Gasteiger partial charge in [-0.3, -0.25) is 9.89 Å². The Morgan fingerprint density at radius 1 is 1.53 bits per heavy atom. The number of nitrogens with one attached hydrogen (secondary N) is 3. The maximum absolute atomic E-state index is 11.7. The molecule has 6 nitrogen and oxygen atoms in total. The molecule has 0 aromatic carbocycles. The van der Waals surface area contributed by atoms with Crippen LogP contribution in [-0.2, 0) is 6.54 Å². The Labute approximate surface area is 97.8 Å². The third-order valence-electron chi connectivity index (χ3n) is 2.79. The molecule has 2 aromatic rings. The number of rotatable bonds is 4. The van der Waals surface area contributed by atoms with Crippen LogP contribution in [0.1, 0.15) is 40.8 Å². The van der Waals surface area contributed by atoms with E-state index in [1.807, 2.05) is 18.5 Å². The fraction of sp³-hybridized carbons (Fsp3) is 0.364. The van der Waals surface area contributed by atoms with Crippen molar-refractivity contribution in [2.45, 2.75) is 25.3 Å². The summed E-state index contributed by atoms with van der Waals surface area (Å²) in [5.41, 5.74) is 1.02. The van der Waals surface area contributed by atoms with Crippen LogP contribution in [0.4, 0.5) is 0 Å². The van der Waals surface area contributed by atoms with E-state index in [-0.39, 0.29) is 11.7 Å². The molecule has 0 saturated heterocycles. The summed E-state index contributed by atoms with van der Waals surface area (Å²) in [6.45, 7) is 0.482. The van der Waals surface area contributed by atoms with Crippen LogP contribution >= 0.6 is 0 Å². The molecular formula is C11H13N5O. The molecule has 0 bridgehead atoms. The van der Waals surface area contributed by atoms with Crippen LogP contribution in [0, 0.1) is 0 Å². The van der Waals surface area contributed by atoms with E-state index in [1.165, 1.54) is 0 Å². The number of carbonyl (C=O) groups is 1. The molecule has 0 spiro atoms. The third-order valence-corrected chi connectivity index (χ3v) is 2.79. The highest BCUT2D eigenvalue weighted by Gasteiger charge is 2.28. The smallest absolute Gasteiger partial charge is 0.291 e. The second-order valence-electron chi connectivity index (χ2n) is 4.22. The predicted octanol–water partition coefficient (Wildman–Crippen LogP) is 0.940. The first kappa shape index (κ1) is 10.1. The lowest BCUT2D eigenvalue weighted by atomic mass is 10.3. The van der Waals surface area contributed by atoms with Crippen molar-refractivity contribution in [3.63, 3.8) is 0 Å². The Morgan fingerprint density at radius 2 is 2.41 bits per heavy atom. The number of H-pyrrole nitrogens is 2. The summed E-state index contributed by atoms with van der Waals surface area (Å²) in [7, 11) is 0. The normalized spacial score (nSPS) is 14.8. The molecule has 1 aliphatic rings. The molecule has 0 radical (unpaired) electrons. The minimum atomic E-state index is -0.241. The summed E-state index contributed by atoms with van der Waals surface area (Å²) in [6, 6.07) is 1.91. The van der Waals surface area contributed by atoms with Gasteiger partial charge in [-0.25, -0.2) is 4.98 Å². The number of amides is 1. The third kappa shape index (κ3) is 2.20. The molecule has 3 N–H and O–H groups in total. The van der Waals surface area contributed by atoms with Crippen LogP contribution in [0.25, 0.3) is 0 Å². The lowest BCUT2D eigenvalue weighted by molar-refractivity contribution is 0.0941. The maximum Gasteiger partial charge on any atom is 0.291 e. The lowest BCUT2D eigenvalue weighted by Gasteiger charge is -1.99. The molecule has 0 aliphatic heterocycles. The zero-order valence-electron chi connectivity index (χ0n) is 9.23. The number of nitrogens with zero attached hydrogens (tertiary/aromatic N) is 2. The van der Waals surface area contributed by atoms with Crippen molar-refractivity contribution < 1.29 is 4.79 Å². The van der Waals surface area contributed by atoms with Gasteiger partial charge in [-0.05, 0) is 24.5 Å². The van der Waals surface area contributed by atoms with E-state index in [0.29, 0.717) is 12.5 Å². The van der Waals surface area contributed by atoms with Crippen molar-refractivity contribution in [1.82, 2.24) is 25.5 Å². The fourth-order valence-electron chi connectivity index (χ4n) is 1.64. The highest BCUT2D eigenvalue weighted by molar-refractivity contribution is 5.90. The van der Waals surface area contributed by atoms with Crippen LogP contribution in [-0.4, -0.2) is 26.1 Å². The average molecular weight is 231 g/mol. The summed E-state index contributed by atoms with van der Waals surface area (Å²) >= 11 is 0. The zero-order chi connectivity index (χ0) is 11.7. The van der Waals surface area contributed by atoms with Gasteiger partial charge >= 0.3 is 0 Å². The Bertz CT molecular complexity index is 512. The Balaban J connectivity index is 1.60. The number of aromatic nitrogens is 4. The molecule has 1 fully saturated rings. The number of carbonyl (C=O) groups excluding carboxylic acids is 1. The largest absolute Gasteiger partial charge is 0.367 e. The van der Waals surface area contributed by atoms with Gasteiger partial charge in [-0.15, -0.1) is 5.10 Å². The summed E-state index contributed by atoms with van der Waals surface area (Å²) in [6.07, 6.45) is 5.94. The van der Waals surface area contributed by atoms with Crippen LogP contribution in [0.5, 0.6) is 0 Å². The fourth-order valence-corrected chi connectivity index (χ4v) is 1.64. The second-order valence-corrected chi connectivity index (χ2v) is 4.22. The van der Waals surface area contributed by atoms with E-state index >= 15 is 0 Å². The monoisotopic (exact) mass is 231 g/mol. The van der Waals surface area contributed by atoms with E-state index in [2.05, 4.69) is 25.5 Å². The Morgan fingerprint density at radius 3 is 3.12 bits per heavy atom. The molecule has 88 valence electrons. The molecule has 2 aromatic heterocycles. The first-order valence-corrected chi connectivity index (χ1v) is 5.65. The summed E-state index contributed by atoms with van der Waals surface area (Å²) in [5, 5.41) is 9.51. The van der Waals surface area contributed by atoms with E-state index < -0.39 is 0 Å². The zero-order valence-corrected chi connectivity index (χ0v) is 9.23. The molecule has 1 saturated carbocycles. The van der Waals surface area contributed by atoms with Crippen molar-refractivity contribution in [3.05, 3.63) is 35.7 Å². The lowest BCUT2D eigenvalue weighted by Crippen LogP contribution is -2.23. The molecule has 17 heavy (non-hydrogen) atoms. The average Bonchev–Trinajstić information content (AvgIpc) is 2.88. The quantitative estimate of drug-likeness (QED) is 0.731. The molecule has 0 unspecified atom stereocenters. The number of hydrogen-bond donors (Lipinski definition) is 3. The minimum absolute atomic E-state index is 0.224. The molecular weight excluding hydrogens is 218 g/mol. The van der Waals surface area contributed by atoms with Gasteiger partial charge in [0, 0.05) is 24.9 Å². The number of hydrogen-bond acceptors (Lipinski definition) is 3. The van der Waals surface area contributed by atoms with Gasteiger partial charge in [-0.2, -0.15) is 0 Å². The summed E-state index contributed by atoms with van der Waals surface area (Å²) < 4.78 is 0. The molecule has 1 aliphatic carbocycles. The van der Waals surface area contributed by atoms with Gasteiger partial charge < -0.3 is 10.3 Å². The van der Waals surface area contributed by atoms with E-state index in [1.54, 1.807) is 0 Å². The molecule has 1 amide bonds. The van der Waals surface area contributed by atoms with Crippen molar-refractivity contribution >= 4 is 5.91 Å². The van der Waals surface area contributed by atoms with Gasteiger partial charge in [0.2, 0.25) is 5.82 Å². The van der Waals surface area contributed by atoms with E-state index in [9.17, 15) is 4.79 Å². The maximum atomic E-state index is 11.7. The molecule has 3 rings (SSSR count). The minimum Gasteiger partial charge on any atom is -0.367 e. The predicted molar refractivity (Wildman–Crippen MR) is 60.3 cm³/mol. The Hall–Kier alpha value is -2.11. The molecule has 0 atom stereocenters. The first-order valence-electron chi connectivity index (χ1n) is 5.65. The van der Waals surface area contributed by atoms with Gasteiger partial charge in [0.1, 0.15) is 5.82 Å². The molecule has 6 heteroatoms. The van der Waals surface area contributed by atoms with Crippen molar-refractivity contribution in [2.24, 2.45) is 0 Å². The standard InChI is InChI=1S/C11H13N5O/c17-11(13-6-7-3-4-12-5-7)10-14-9(15-16-10)8-1-2-8/h3-5,8,12H,1-2,6H2,(H,13,17)(H,14,15,16). The summed E-state index contributed by atoms with van der Waals surface area (Å²) in [4.78, 5) is 18.8. The van der Waals surface area contributed by atoms with Crippen molar-refractivity contribution in [2.75, 3.05) is 0 Å². The highest BCUT2D eigenvalue weighted by atomic mass is 16.2. The van der Waals surface area contributed by atoms with Crippen LogP contribution in [0.2, 0.25) is 0 Å². The Kier molecular flexibility index (Phi) is 2.40. The SMILES string of the molecule is O=C(NCc1cc[nH]c1)c1n[nH]c(C2CC2)n1. The first-order chi connectivity index (χ1) is 8.33. The van der Waals surface area contributed by atoms with E-state index in [0.717, 1.165) is 24.2 Å².